The van der Waals surface area contributed by atoms with E-state index in [4.69, 9.17) is 21.1 Å². The Bertz CT molecular complexity index is 969. The molecule has 4 N–H and O–H groups in total. The van der Waals surface area contributed by atoms with Crippen LogP contribution in [-0.2, 0) is 9.53 Å². The molecule has 0 aromatic heterocycles. The standard InChI is InChI=1S/C30H47N3O3/c1-19-12-15-30(18-35-3)20(16-19)8-9-21-22-10-11-24(29(22,2)14-13-23(21)30)26(34)17-33(32)28-25(31)6-5-7-27(28)36-4/h5-7,19-24H,8-18,31-32H2,1-4H3. The number of benzene rings is 1. The first kappa shape index (κ1) is 25.8. The molecule has 0 saturated heterocycles. The average Bonchev–Trinajstić information content (AvgIpc) is 3.21. The summed E-state index contributed by atoms with van der Waals surface area (Å²) < 4.78 is 11.4. The Labute approximate surface area is 217 Å². The maximum atomic E-state index is 13.8. The Hall–Kier alpha value is -1.79. The number of ketones is 1. The number of para-hydroxylation sites is 1. The van der Waals surface area contributed by atoms with Crippen molar-refractivity contribution in [2.75, 3.05) is 38.1 Å². The van der Waals surface area contributed by atoms with Gasteiger partial charge in [0.15, 0.2) is 5.78 Å². The number of rotatable bonds is 7. The molecule has 0 amide bonds. The van der Waals surface area contributed by atoms with Crippen LogP contribution >= 0.6 is 0 Å². The van der Waals surface area contributed by atoms with Crippen LogP contribution in [0.5, 0.6) is 5.75 Å². The molecule has 200 valence electrons. The molecule has 5 rings (SSSR count). The second kappa shape index (κ2) is 9.83. The highest BCUT2D eigenvalue weighted by Gasteiger charge is 2.62. The Morgan fingerprint density at radius 1 is 1.08 bits per heavy atom. The summed E-state index contributed by atoms with van der Waals surface area (Å²) in [5, 5.41) is 1.50. The summed E-state index contributed by atoms with van der Waals surface area (Å²) in [5.41, 5.74) is 7.75. The van der Waals surface area contributed by atoms with Crippen molar-refractivity contribution in [2.45, 2.75) is 71.6 Å². The Balaban J connectivity index is 1.34. The largest absolute Gasteiger partial charge is 0.494 e. The van der Waals surface area contributed by atoms with Gasteiger partial charge in [-0.2, -0.15) is 0 Å². The molecule has 0 aliphatic heterocycles. The number of hydrogen-bond donors (Lipinski definition) is 2. The van der Waals surface area contributed by atoms with E-state index in [2.05, 4.69) is 13.8 Å². The van der Waals surface area contributed by atoms with Gasteiger partial charge in [-0.25, -0.2) is 5.84 Å². The molecule has 0 spiro atoms. The molecule has 1 aromatic rings. The van der Waals surface area contributed by atoms with E-state index in [1.165, 1.54) is 50.0 Å². The van der Waals surface area contributed by atoms with Crippen molar-refractivity contribution in [3.05, 3.63) is 18.2 Å². The number of hydrogen-bond acceptors (Lipinski definition) is 6. The Morgan fingerprint density at radius 2 is 1.89 bits per heavy atom. The molecule has 36 heavy (non-hydrogen) atoms. The van der Waals surface area contributed by atoms with E-state index in [1.54, 1.807) is 13.2 Å². The average molecular weight is 498 g/mol. The molecule has 4 saturated carbocycles. The first-order valence-corrected chi connectivity index (χ1v) is 14.2. The van der Waals surface area contributed by atoms with Crippen molar-refractivity contribution in [3.63, 3.8) is 0 Å². The van der Waals surface area contributed by atoms with Crippen LogP contribution in [-0.4, -0.2) is 33.2 Å². The van der Waals surface area contributed by atoms with Crippen molar-refractivity contribution in [1.29, 1.82) is 0 Å². The minimum absolute atomic E-state index is 0.0629. The zero-order chi connectivity index (χ0) is 25.7. The van der Waals surface area contributed by atoms with Crippen LogP contribution in [0.2, 0.25) is 0 Å². The lowest BCUT2D eigenvalue weighted by molar-refractivity contribution is -0.154. The van der Waals surface area contributed by atoms with Crippen molar-refractivity contribution in [3.8, 4) is 5.75 Å². The highest BCUT2D eigenvalue weighted by molar-refractivity contribution is 5.88. The van der Waals surface area contributed by atoms with E-state index in [0.717, 1.165) is 43.1 Å². The molecule has 0 radical (unpaired) electrons. The van der Waals surface area contributed by atoms with Crippen molar-refractivity contribution < 1.29 is 14.3 Å². The fraction of sp³-hybridized carbons (Fsp3) is 0.767. The number of nitrogens with two attached hydrogens (primary N) is 2. The molecule has 8 atom stereocenters. The van der Waals surface area contributed by atoms with Gasteiger partial charge in [0, 0.05) is 13.0 Å². The second-order valence-electron chi connectivity index (χ2n) is 12.9. The first-order valence-electron chi connectivity index (χ1n) is 14.2. The van der Waals surface area contributed by atoms with Gasteiger partial charge >= 0.3 is 0 Å². The number of hydrazine groups is 1. The third-order valence-corrected chi connectivity index (χ3v) is 11.3. The predicted molar refractivity (Wildman–Crippen MR) is 145 cm³/mol. The van der Waals surface area contributed by atoms with Crippen LogP contribution in [0.25, 0.3) is 0 Å². The normalized spacial score (nSPS) is 39.6. The van der Waals surface area contributed by atoms with Gasteiger partial charge in [0.1, 0.15) is 11.4 Å². The highest BCUT2D eigenvalue weighted by Crippen LogP contribution is 2.68. The summed E-state index contributed by atoms with van der Waals surface area (Å²) in [5.74, 6) is 11.1. The van der Waals surface area contributed by atoms with Crippen molar-refractivity contribution in [1.82, 2.24) is 0 Å². The number of ether oxygens (including phenoxy) is 2. The van der Waals surface area contributed by atoms with Gasteiger partial charge in [-0.3, -0.25) is 9.80 Å². The monoisotopic (exact) mass is 497 g/mol. The number of fused-ring (bicyclic) bond motifs is 5. The molecule has 6 heteroatoms. The molecule has 1 aromatic carbocycles. The number of methoxy groups -OCH3 is 2. The van der Waals surface area contributed by atoms with E-state index in [0.29, 0.717) is 28.5 Å². The summed E-state index contributed by atoms with van der Waals surface area (Å²) in [7, 11) is 3.50. The highest BCUT2D eigenvalue weighted by atomic mass is 16.5. The van der Waals surface area contributed by atoms with E-state index >= 15 is 0 Å². The lowest BCUT2D eigenvalue weighted by Crippen LogP contribution is -2.56. The van der Waals surface area contributed by atoms with Crippen LogP contribution in [0, 0.1) is 46.3 Å². The Kier molecular flexibility index (Phi) is 7.05. The second-order valence-corrected chi connectivity index (χ2v) is 12.9. The first-order chi connectivity index (χ1) is 17.2. The number of anilines is 2. The third kappa shape index (κ3) is 4.03. The van der Waals surface area contributed by atoms with E-state index < -0.39 is 0 Å². The zero-order valence-electron chi connectivity index (χ0n) is 22.8. The molecule has 4 fully saturated rings. The van der Waals surface area contributed by atoms with E-state index in [9.17, 15) is 4.79 Å². The number of nitrogen functional groups attached to an aromatic ring is 1. The summed E-state index contributed by atoms with van der Waals surface area (Å²) in [6.45, 7) is 5.94. The SMILES string of the molecule is COCC12CCC(C)CC1CCC1C3CCC(C(=O)CN(N)c4c(N)cccc4OC)C3(C)CCC12. The molecule has 0 bridgehead atoms. The Morgan fingerprint density at radius 3 is 2.64 bits per heavy atom. The fourth-order valence-corrected chi connectivity index (χ4v) is 9.71. The van der Waals surface area contributed by atoms with Crippen LogP contribution in [0.1, 0.15) is 71.6 Å². The summed E-state index contributed by atoms with van der Waals surface area (Å²) in [6.07, 6.45) is 11.2. The molecule has 6 nitrogen and oxygen atoms in total. The fourth-order valence-electron chi connectivity index (χ4n) is 9.71. The van der Waals surface area contributed by atoms with Gasteiger partial charge in [-0.1, -0.05) is 26.3 Å². The quantitative estimate of drug-likeness (QED) is 0.296. The zero-order valence-corrected chi connectivity index (χ0v) is 22.8. The van der Waals surface area contributed by atoms with Gasteiger partial charge in [0.05, 0.1) is 25.9 Å². The molecule has 0 heterocycles. The lowest BCUT2D eigenvalue weighted by Gasteiger charge is -2.62. The molecule has 4 aliphatic rings. The van der Waals surface area contributed by atoms with Crippen molar-refractivity contribution >= 4 is 17.2 Å². The maximum Gasteiger partial charge on any atom is 0.157 e. The topological polar surface area (TPSA) is 90.8 Å². The van der Waals surface area contributed by atoms with E-state index in [1.807, 2.05) is 19.2 Å². The molecular weight excluding hydrogens is 450 g/mol. The summed E-state index contributed by atoms with van der Waals surface area (Å²) in [6, 6.07) is 5.48. The van der Waals surface area contributed by atoms with Crippen LogP contribution in [0.3, 0.4) is 0 Å². The van der Waals surface area contributed by atoms with E-state index in [-0.39, 0.29) is 23.7 Å². The van der Waals surface area contributed by atoms with Gasteiger partial charge < -0.3 is 15.2 Å². The number of carbonyl (C=O) groups is 1. The summed E-state index contributed by atoms with van der Waals surface area (Å²) in [4.78, 5) is 13.8. The number of Topliss-reactive ketones (excluding diaryl/α,β-unsaturated/α-hetero) is 1. The smallest absolute Gasteiger partial charge is 0.157 e. The van der Waals surface area contributed by atoms with Crippen LogP contribution in [0.15, 0.2) is 18.2 Å². The molecule has 8 unspecified atom stereocenters. The summed E-state index contributed by atoms with van der Waals surface area (Å²) >= 11 is 0. The van der Waals surface area contributed by atoms with Gasteiger partial charge in [0.2, 0.25) is 0 Å². The molecule has 4 aliphatic carbocycles. The minimum atomic E-state index is 0.0629. The van der Waals surface area contributed by atoms with Crippen LogP contribution in [0.4, 0.5) is 11.4 Å². The predicted octanol–water partition coefficient (Wildman–Crippen LogP) is 5.45. The van der Waals surface area contributed by atoms with Gasteiger partial charge in [0.25, 0.3) is 0 Å². The maximum absolute atomic E-state index is 13.8. The molecular formula is C30H47N3O3. The van der Waals surface area contributed by atoms with Crippen LogP contribution < -0.4 is 21.3 Å². The third-order valence-electron chi connectivity index (χ3n) is 11.3. The van der Waals surface area contributed by atoms with Gasteiger partial charge in [-0.05, 0) is 104 Å². The number of nitrogens with zero attached hydrogens (tertiary/aromatic N) is 1. The van der Waals surface area contributed by atoms with Gasteiger partial charge in [-0.15, -0.1) is 0 Å². The number of carbonyl (C=O) groups excluding carboxylic acids is 1. The minimum Gasteiger partial charge on any atom is -0.494 e. The van der Waals surface area contributed by atoms with Crippen molar-refractivity contribution in [2.24, 2.45) is 52.2 Å². The lowest BCUT2D eigenvalue weighted by atomic mass is 9.44.